The third kappa shape index (κ3) is 4.45. The van der Waals surface area contributed by atoms with E-state index in [4.69, 9.17) is 9.15 Å². The van der Waals surface area contributed by atoms with Crippen LogP contribution in [0.15, 0.2) is 34.7 Å². The number of likely N-dealkylation sites (tertiary alicyclic amines) is 1. The molecular formula is C19H26N4O2. The number of hydrogen-bond donors (Lipinski definition) is 0. The third-order valence-electron chi connectivity index (χ3n) is 5.17. The quantitative estimate of drug-likeness (QED) is 0.831. The van der Waals surface area contributed by atoms with E-state index >= 15 is 0 Å². The number of ether oxygens (including phenoxy) is 1. The summed E-state index contributed by atoms with van der Waals surface area (Å²) in [7, 11) is 0. The van der Waals surface area contributed by atoms with Crippen LogP contribution in [0.25, 0.3) is 11.5 Å². The van der Waals surface area contributed by atoms with Gasteiger partial charge in [0.25, 0.3) is 0 Å². The molecule has 3 heterocycles. The fraction of sp³-hybridized carbons (Fsp3) is 0.579. The van der Waals surface area contributed by atoms with Crippen LogP contribution in [0.2, 0.25) is 0 Å². The molecule has 0 atom stereocenters. The van der Waals surface area contributed by atoms with Crippen molar-refractivity contribution in [3.63, 3.8) is 0 Å². The molecule has 0 bridgehead atoms. The third-order valence-corrected chi connectivity index (χ3v) is 5.17. The van der Waals surface area contributed by atoms with Crippen LogP contribution in [0.1, 0.15) is 18.7 Å². The van der Waals surface area contributed by atoms with Crippen LogP contribution in [0, 0.1) is 5.92 Å². The van der Waals surface area contributed by atoms with E-state index < -0.39 is 0 Å². The largest absolute Gasteiger partial charge is 0.419 e. The SMILES string of the molecule is c1ccc(-c2nnc(CN3CCC(CN4CCOCC4)CC3)o2)cc1. The maximum absolute atomic E-state index is 5.83. The standard InChI is InChI=1S/C19H26N4O2/c1-2-4-17(5-3-1)19-21-20-18(25-19)15-22-8-6-16(7-9-22)14-23-10-12-24-13-11-23/h1-5,16H,6-15H2. The van der Waals surface area contributed by atoms with E-state index in [9.17, 15) is 0 Å². The fourth-order valence-electron chi connectivity index (χ4n) is 3.68. The zero-order valence-corrected chi connectivity index (χ0v) is 14.6. The molecule has 2 saturated heterocycles. The summed E-state index contributed by atoms with van der Waals surface area (Å²) < 4.78 is 11.3. The van der Waals surface area contributed by atoms with Crippen LogP contribution in [0.5, 0.6) is 0 Å². The van der Waals surface area contributed by atoms with Gasteiger partial charge in [-0.15, -0.1) is 10.2 Å². The van der Waals surface area contributed by atoms with Crippen LogP contribution in [-0.4, -0.2) is 65.9 Å². The first kappa shape index (κ1) is 16.7. The molecule has 0 amide bonds. The van der Waals surface area contributed by atoms with Crippen molar-refractivity contribution >= 4 is 0 Å². The van der Waals surface area contributed by atoms with E-state index in [0.717, 1.165) is 57.4 Å². The van der Waals surface area contributed by atoms with Gasteiger partial charge in [-0.25, -0.2) is 0 Å². The zero-order valence-electron chi connectivity index (χ0n) is 14.6. The Hall–Kier alpha value is -1.76. The predicted octanol–water partition coefficient (Wildman–Crippen LogP) is 2.28. The minimum absolute atomic E-state index is 0.609. The molecule has 2 aliphatic heterocycles. The lowest BCUT2D eigenvalue weighted by molar-refractivity contribution is 0.0238. The van der Waals surface area contributed by atoms with Gasteiger partial charge >= 0.3 is 0 Å². The minimum atomic E-state index is 0.609. The topological polar surface area (TPSA) is 54.6 Å². The minimum Gasteiger partial charge on any atom is -0.419 e. The number of aromatic nitrogens is 2. The molecule has 1 aromatic carbocycles. The first-order valence-electron chi connectivity index (χ1n) is 9.27. The molecule has 0 N–H and O–H groups in total. The van der Waals surface area contributed by atoms with Gasteiger partial charge in [0, 0.05) is 25.2 Å². The van der Waals surface area contributed by atoms with Crippen LogP contribution < -0.4 is 0 Å². The summed E-state index contributed by atoms with van der Waals surface area (Å²) in [5.41, 5.74) is 0.977. The summed E-state index contributed by atoms with van der Waals surface area (Å²) in [5, 5.41) is 8.40. The Morgan fingerprint density at radius 1 is 0.920 bits per heavy atom. The molecule has 0 unspecified atom stereocenters. The van der Waals surface area contributed by atoms with Crippen molar-refractivity contribution in [1.82, 2.24) is 20.0 Å². The fourth-order valence-corrected chi connectivity index (χ4v) is 3.68. The van der Waals surface area contributed by atoms with E-state index in [1.807, 2.05) is 30.3 Å². The Labute approximate surface area is 148 Å². The second-order valence-corrected chi connectivity index (χ2v) is 7.00. The second kappa shape index (κ2) is 8.08. The van der Waals surface area contributed by atoms with Crippen LogP contribution in [0.4, 0.5) is 0 Å². The molecule has 134 valence electrons. The van der Waals surface area contributed by atoms with Crippen LogP contribution >= 0.6 is 0 Å². The average molecular weight is 342 g/mol. The highest BCUT2D eigenvalue weighted by molar-refractivity contribution is 5.51. The molecular weight excluding hydrogens is 316 g/mol. The normalized spacial score (nSPS) is 20.8. The highest BCUT2D eigenvalue weighted by atomic mass is 16.5. The van der Waals surface area contributed by atoms with Crippen molar-refractivity contribution in [2.45, 2.75) is 19.4 Å². The Kier molecular flexibility index (Phi) is 5.40. The van der Waals surface area contributed by atoms with E-state index in [-0.39, 0.29) is 0 Å². The van der Waals surface area contributed by atoms with Crippen molar-refractivity contribution in [2.75, 3.05) is 45.9 Å². The van der Waals surface area contributed by atoms with Crippen molar-refractivity contribution in [3.05, 3.63) is 36.2 Å². The molecule has 2 aromatic rings. The molecule has 2 fully saturated rings. The Morgan fingerprint density at radius 3 is 2.44 bits per heavy atom. The van der Waals surface area contributed by atoms with Gasteiger partial charge in [0.15, 0.2) is 0 Å². The molecule has 25 heavy (non-hydrogen) atoms. The maximum atomic E-state index is 5.83. The molecule has 0 aliphatic carbocycles. The number of nitrogens with zero attached hydrogens (tertiary/aromatic N) is 4. The van der Waals surface area contributed by atoms with E-state index in [1.54, 1.807) is 0 Å². The number of morpholine rings is 1. The number of piperidine rings is 1. The summed E-state index contributed by atoms with van der Waals surface area (Å²) in [5.74, 6) is 2.13. The smallest absolute Gasteiger partial charge is 0.247 e. The summed E-state index contributed by atoms with van der Waals surface area (Å²) in [6.45, 7) is 8.14. The average Bonchev–Trinajstić information content (AvgIpc) is 3.14. The van der Waals surface area contributed by atoms with E-state index in [1.165, 1.54) is 19.4 Å². The van der Waals surface area contributed by atoms with Crippen molar-refractivity contribution in [3.8, 4) is 11.5 Å². The van der Waals surface area contributed by atoms with Crippen molar-refractivity contribution in [1.29, 1.82) is 0 Å². The van der Waals surface area contributed by atoms with Gasteiger partial charge in [0.2, 0.25) is 11.8 Å². The lowest BCUT2D eigenvalue weighted by Crippen LogP contribution is -2.42. The first-order valence-corrected chi connectivity index (χ1v) is 9.27. The molecule has 4 rings (SSSR count). The number of hydrogen-bond acceptors (Lipinski definition) is 6. The maximum Gasteiger partial charge on any atom is 0.247 e. The highest BCUT2D eigenvalue weighted by Crippen LogP contribution is 2.22. The number of rotatable bonds is 5. The monoisotopic (exact) mass is 342 g/mol. The van der Waals surface area contributed by atoms with Crippen molar-refractivity contribution in [2.24, 2.45) is 5.92 Å². The van der Waals surface area contributed by atoms with Gasteiger partial charge in [0.1, 0.15) is 0 Å². The van der Waals surface area contributed by atoms with Gasteiger partial charge in [-0.1, -0.05) is 18.2 Å². The van der Waals surface area contributed by atoms with E-state index in [2.05, 4.69) is 20.0 Å². The Balaban J connectivity index is 1.25. The van der Waals surface area contributed by atoms with Gasteiger partial charge < -0.3 is 9.15 Å². The number of benzene rings is 1. The van der Waals surface area contributed by atoms with E-state index in [0.29, 0.717) is 11.8 Å². The molecule has 6 nitrogen and oxygen atoms in total. The molecule has 0 saturated carbocycles. The predicted molar refractivity (Wildman–Crippen MR) is 95.0 cm³/mol. The second-order valence-electron chi connectivity index (χ2n) is 7.00. The first-order chi connectivity index (χ1) is 12.4. The Bertz CT molecular complexity index is 646. The van der Waals surface area contributed by atoms with Gasteiger partial charge in [0.05, 0.1) is 19.8 Å². The summed E-state index contributed by atoms with van der Waals surface area (Å²) in [4.78, 5) is 4.98. The summed E-state index contributed by atoms with van der Waals surface area (Å²) in [6, 6.07) is 9.95. The van der Waals surface area contributed by atoms with Crippen LogP contribution in [0.3, 0.4) is 0 Å². The molecule has 6 heteroatoms. The summed E-state index contributed by atoms with van der Waals surface area (Å²) in [6.07, 6.45) is 2.49. The van der Waals surface area contributed by atoms with Gasteiger partial charge in [-0.05, 0) is 44.0 Å². The molecule has 1 aromatic heterocycles. The molecule has 0 radical (unpaired) electrons. The lowest BCUT2D eigenvalue weighted by Gasteiger charge is -2.35. The highest BCUT2D eigenvalue weighted by Gasteiger charge is 2.23. The van der Waals surface area contributed by atoms with Crippen LogP contribution in [-0.2, 0) is 11.3 Å². The molecule has 0 spiro atoms. The summed E-state index contributed by atoms with van der Waals surface area (Å²) >= 11 is 0. The van der Waals surface area contributed by atoms with Gasteiger partial charge in [-0.3, -0.25) is 9.80 Å². The Morgan fingerprint density at radius 2 is 1.68 bits per heavy atom. The lowest BCUT2D eigenvalue weighted by atomic mass is 9.96. The zero-order chi connectivity index (χ0) is 16.9. The molecule has 2 aliphatic rings. The van der Waals surface area contributed by atoms with Crippen molar-refractivity contribution < 1.29 is 9.15 Å². The van der Waals surface area contributed by atoms with Gasteiger partial charge in [-0.2, -0.15) is 0 Å².